The monoisotopic (exact) mass is 268 g/mol. The number of aryl methyl sites for hydroxylation is 2. The quantitative estimate of drug-likeness (QED) is 0.600. The van der Waals surface area contributed by atoms with Gasteiger partial charge in [0.1, 0.15) is 0 Å². The Balaban J connectivity index is 2.97. The summed E-state index contributed by atoms with van der Waals surface area (Å²) in [5.41, 5.74) is 3.19. The molecule has 2 heteroatoms. The van der Waals surface area contributed by atoms with E-state index in [-0.39, 0.29) is 10.6 Å². The predicted octanol–water partition coefficient (Wildman–Crippen LogP) is 3.91. The number of rotatable bonds is 3. The number of carbonyl (C=O) groups is 1. The van der Waals surface area contributed by atoms with Crippen molar-refractivity contribution in [2.75, 3.05) is 0 Å². The van der Waals surface area contributed by atoms with Crippen LogP contribution >= 0.6 is 15.9 Å². The molecule has 1 rings (SSSR count). The molecule has 0 bridgehead atoms. The molecule has 0 spiro atoms. The molecule has 0 radical (unpaired) electrons. The highest BCUT2D eigenvalue weighted by atomic mass is 79.9. The maximum Gasteiger partial charge on any atom is 0.176 e. The number of halogens is 1. The summed E-state index contributed by atoms with van der Waals surface area (Å²) in [6.45, 7) is 8.17. The second-order valence-electron chi connectivity index (χ2n) is 4.31. The third-order valence-corrected chi connectivity index (χ3v) is 4.10. The topological polar surface area (TPSA) is 17.1 Å². The molecule has 15 heavy (non-hydrogen) atoms. The Hall–Kier alpha value is -0.630. The summed E-state index contributed by atoms with van der Waals surface area (Å²) in [7, 11) is 0. The van der Waals surface area contributed by atoms with Crippen molar-refractivity contribution in [3.63, 3.8) is 0 Å². The SMILES string of the molecule is Cc1ccc(C(=O)C(Br)C(C)C)cc1C. The Kier molecular flexibility index (Phi) is 4.09. The van der Waals surface area contributed by atoms with Crippen molar-refractivity contribution in [1.82, 2.24) is 0 Å². The summed E-state index contributed by atoms with van der Waals surface area (Å²) >= 11 is 3.44. The van der Waals surface area contributed by atoms with Crippen LogP contribution in [0.2, 0.25) is 0 Å². The molecule has 1 aromatic carbocycles. The Morgan fingerprint density at radius 2 is 1.80 bits per heavy atom. The lowest BCUT2D eigenvalue weighted by molar-refractivity contribution is 0.0978. The van der Waals surface area contributed by atoms with Crippen molar-refractivity contribution in [3.8, 4) is 0 Å². The van der Waals surface area contributed by atoms with Gasteiger partial charge in [0.2, 0.25) is 0 Å². The summed E-state index contributed by atoms with van der Waals surface area (Å²) in [6.07, 6.45) is 0. The molecule has 0 saturated heterocycles. The number of hydrogen-bond donors (Lipinski definition) is 0. The van der Waals surface area contributed by atoms with Crippen LogP contribution in [0.1, 0.15) is 35.3 Å². The molecular formula is C13H17BrO. The number of ketones is 1. The molecule has 1 atom stereocenters. The van der Waals surface area contributed by atoms with Crippen molar-refractivity contribution >= 4 is 21.7 Å². The molecule has 0 heterocycles. The largest absolute Gasteiger partial charge is 0.293 e. The van der Waals surface area contributed by atoms with Crippen LogP contribution in [0.5, 0.6) is 0 Å². The summed E-state index contributed by atoms with van der Waals surface area (Å²) in [6, 6.07) is 5.87. The summed E-state index contributed by atoms with van der Waals surface area (Å²) < 4.78 is 0. The second-order valence-corrected chi connectivity index (χ2v) is 5.30. The normalized spacial score (nSPS) is 12.9. The number of Topliss-reactive ketones (excluding diaryl/α,β-unsaturated/α-hetero) is 1. The van der Waals surface area contributed by atoms with Crippen LogP contribution in [0.4, 0.5) is 0 Å². The first-order valence-electron chi connectivity index (χ1n) is 5.19. The van der Waals surface area contributed by atoms with Gasteiger partial charge >= 0.3 is 0 Å². The Bertz CT molecular complexity index is 369. The minimum atomic E-state index is -0.0837. The fraction of sp³-hybridized carbons (Fsp3) is 0.462. The molecule has 0 amide bonds. The van der Waals surface area contributed by atoms with Gasteiger partial charge in [-0.3, -0.25) is 4.79 Å². The minimum absolute atomic E-state index is 0.0837. The summed E-state index contributed by atoms with van der Waals surface area (Å²) in [4.78, 5) is 11.9. The van der Waals surface area contributed by atoms with Gasteiger partial charge in [-0.1, -0.05) is 41.9 Å². The van der Waals surface area contributed by atoms with E-state index >= 15 is 0 Å². The lowest BCUT2D eigenvalue weighted by Gasteiger charge is -2.13. The first kappa shape index (κ1) is 12.4. The molecule has 1 aromatic rings. The number of benzene rings is 1. The zero-order valence-electron chi connectivity index (χ0n) is 9.67. The Morgan fingerprint density at radius 3 is 2.27 bits per heavy atom. The van der Waals surface area contributed by atoms with Gasteiger partial charge in [0.05, 0.1) is 4.83 Å². The van der Waals surface area contributed by atoms with Gasteiger partial charge in [-0.15, -0.1) is 0 Å². The average molecular weight is 269 g/mol. The van der Waals surface area contributed by atoms with Crippen molar-refractivity contribution in [2.24, 2.45) is 5.92 Å². The molecule has 0 N–H and O–H groups in total. The van der Waals surface area contributed by atoms with Crippen LogP contribution in [0.3, 0.4) is 0 Å². The van der Waals surface area contributed by atoms with Crippen LogP contribution in [0.15, 0.2) is 18.2 Å². The molecule has 0 aliphatic carbocycles. The van der Waals surface area contributed by atoms with Gasteiger partial charge < -0.3 is 0 Å². The third kappa shape index (κ3) is 2.91. The zero-order chi connectivity index (χ0) is 11.6. The van der Waals surface area contributed by atoms with Gasteiger partial charge in [-0.25, -0.2) is 0 Å². The molecule has 0 aromatic heterocycles. The van der Waals surface area contributed by atoms with Crippen LogP contribution in [-0.2, 0) is 0 Å². The maximum absolute atomic E-state index is 12.0. The number of carbonyl (C=O) groups excluding carboxylic acids is 1. The lowest BCUT2D eigenvalue weighted by Crippen LogP contribution is -2.20. The van der Waals surface area contributed by atoms with Crippen LogP contribution in [0, 0.1) is 19.8 Å². The van der Waals surface area contributed by atoms with Crippen molar-refractivity contribution < 1.29 is 4.79 Å². The van der Waals surface area contributed by atoms with Gasteiger partial charge in [0, 0.05) is 5.56 Å². The molecule has 0 fully saturated rings. The first-order chi connectivity index (χ1) is 6.93. The van der Waals surface area contributed by atoms with Gasteiger partial charge in [-0.2, -0.15) is 0 Å². The zero-order valence-corrected chi connectivity index (χ0v) is 11.3. The van der Waals surface area contributed by atoms with Crippen molar-refractivity contribution in [2.45, 2.75) is 32.5 Å². The highest BCUT2D eigenvalue weighted by molar-refractivity contribution is 9.10. The Labute approximate surface area is 100 Å². The van der Waals surface area contributed by atoms with Gasteiger partial charge in [-0.05, 0) is 37.0 Å². The molecule has 0 aliphatic rings. The van der Waals surface area contributed by atoms with Crippen LogP contribution in [0.25, 0.3) is 0 Å². The van der Waals surface area contributed by atoms with Gasteiger partial charge in [0.15, 0.2) is 5.78 Å². The van der Waals surface area contributed by atoms with E-state index in [0.717, 1.165) is 5.56 Å². The smallest absolute Gasteiger partial charge is 0.176 e. The average Bonchev–Trinajstić information content (AvgIpc) is 2.19. The fourth-order valence-electron chi connectivity index (χ4n) is 1.36. The van der Waals surface area contributed by atoms with E-state index in [4.69, 9.17) is 0 Å². The lowest BCUT2D eigenvalue weighted by atomic mass is 9.98. The molecular weight excluding hydrogens is 252 g/mol. The molecule has 82 valence electrons. The molecule has 0 aliphatic heterocycles. The standard InChI is InChI=1S/C13H17BrO/c1-8(2)12(14)13(15)11-6-5-9(3)10(4)7-11/h5-8,12H,1-4H3. The maximum atomic E-state index is 12.0. The van der Waals surface area contributed by atoms with E-state index < -0.39 is 0 Å². The van der Waals surface area contributed by atoms with E-state index in [1.807, 2.05) is 39.0 Å². The number of hydrogen-bond acceptors (Lipinski definition) is 1. The summed E-state index contributed by atoms with van der Waals surface area (Å²) in [5, 5.41) is 0. The van der Waals surface area contributed by atoms with Crippen LogP contribution < -0.4 is 0 Å². The highest BCUT2D eigenvalue weighted by Crippen LogP contribution is 2.19. The third-order valence-electron chi connectivity index (χ3n) is 2.63. The molecule has 1 unspecified atom stereocenters. The van der Waals surface area contributed by atoms with E-state index in [0.29, 0.717) is 5.92 Å². The second kappa shape index (κ2) is 4.93. The molecule has 0 saturated carbocycles. The van der Waals surface area contributed by atoms with E-state index in [1.165, 1.54) is 11.1 Å². The minimum Gasteiger partial charge on any atom is -0.293 e. The van der Waals surface area contributed by atoms with E-state index in [2.05, 4.69) is 22.9 Å². The van der Waals surface area contributed by atoms with Crippen molar-refractivity contribution in [1.29, 1.82) is 0 Å². The number of alkyl halides is 1. The van der Waals surface area contributed by atoms with Crippen molar-refractivity contribution in [3.05, 3.63) is 34.9 Å². The summed E-state index contributed by atoms with van der Waals surface area (Å²) in [5.74, 6) is 0.493. The van der Waals surface area contributed by atoms with Gasteiger partial charge in [0.25, 0.3) is 0 Å². The van der Waals surface area contributed by atoms with Crippen LogP contribution in [-0.4, -0.2) is 10.6 Å². The molecule has 1 nitrogen and oxygen atoms in total. The van der Waals surface area contributed by atoms with E-state index in [9.17, 15) is 4.79 Å². The first-order valence-corrected chi connectivity index (χ1v) is 6.10. The van der Waals surface area contributed by atoms with E-state index in [1.54, 1.807) is 0 Å². The predicted molar refractivity (Wildman–Crippen MR) is 67.8 cm³/mol. The Morgan fingerprint density at radius 1 is 1.20 bits per heavy atom. The highest BCUT2D eigenvalue weighted by Gasteiger charge is 2.20. The fourth-order valence-corrected chi connectivity index (χ4v) is 1.62.